The third-order valence-corrected chi connectivity index (χ3v) is 6.20. The Balaban J connectivity index is 1.27. The summed E-state index contributed by atoms with van der Waals surface area (Å²) in [6.45, 7) is 1.67. The Morgan fingerprint density at radius 3 is 2.82 bits per heavy atom. The SMILES string of the molecule is O=[N+]([O-])c1ccc(N2CC[C@@H](Nc3cc(-c4c[nH]c5ccccc45)c4nccn4n3)C2)cc1. The highest BCUT2D eigenvalue weighted by atomic mass is 16.6. The first-order valence-corrected chi connectivity index (χ1v) is 10.8. The van der Waals surface area contributed by atoms with Crippen LogP contribution in [0.2, 0.25) is 0 Å². The molecule has 0 unspecified atom stereocenters. The summed E-state index contributed by atoms with van der Waals surface area (Å²) in [5.41, 5.74) is 5.09. The number of H-pyrrole nitrogens is 1. The molecule has 164 valence electrons. The summed E-state index contributed by atoms with van der Waals surface area (Å²) in [6.07, 6.45) is 6.58. The number of nitro groups is 1. The molecule has 9 nitrogen and oxygen atoms in total. The largest absolute Gasteiger partial charge is 0.369 e. The van der Waals surface area contributed by atoms with Gasteiger partial charge in [-0.25, -0.2) is 9.50 Å². The molecule has 6 rings (SSSR count). The van der Waals surface area contributed by atoms with Crippen LogP contribution in [0.3, 0.4) is 0 Å². The van der Waals surface area contributed by atoms with Crippen molar-refractivity contribution >= 4 is 33.7 Å². The van der Waals surface area contributed by atoms with Crippen LogP contribution in [0.1, 0.15) is 6.42 Å². The molecule has 2 N–H and O–H groups in total. The van der Waals surface area contributed by atoms with Gasteiger partial charge in [-0.2, -0.15) is 0 Å². The van der Waals surface area contributed by atoms with Gasteiger partial charge in [-0.1, -0.05) is 18.2 Å². The van der Waals surface area contributed by atoms with Crippen molar-refractivity contribution in [3.05, 3.63) is 83.3 Å². The molecule has 1 atom stereocenters. The Morgan fingerprint density at radius 1 is 1.12 bits per heavy atom. The van der Waals surface area contributed by atoms with Gasteiger partial charge in [0.2, 0.25) is 0 Å². The number of nitrogens with zero attached hydrogens (tertiary/aromatic N) is 5. The number of fused-ring (bicyclic) bond motifs is 2. The van der Waals surface area contributed by atoms with Gasteiger partial charge in [-0.05, 0) is 30.7 Å². The highest BCUT2D eigenvalue weighted by molar-refractivity contribution is 5.99. The van der Waals surface area contributed by atoms with E-state index in [2.05, 4.69) is 38.4 Å². The molecule has 0 aliphatic carbocycles. The number of non-ortho nitro benzene ring substituents is 1. The smallest absolute Gasteiger partial charge is 0.269 e. The molecule has 0 radical (unpaired) electrons. The number of para-hydroxylation sites is 1. The third kappa shape index (κ3) is 3.43. The van der Waals surface area contributed by atoms with Gasteiger partial charge >= 0.3 is 0 Å². The van der Waals surface area contributed by atoms with Crippen LogP contribution in [0, 0.1) is 10.1 Å². The number of nitro benzene ring substituents is 1. The van der Waals surface area contributed by atoms with E-state index in [4.69, 9.17) is 5.10 Å². The van der Waals surface area contributed by atoms with Crippen molar-refractivity contribution in [2.75, 3.05) is 23.3 Å². The van der Waals surface area contributed by atoms with Crippen molar-refractivity contribution in [1.82, 2.24) is 19.6 Å². The van der Waals surface area contributed by atoms with Gasteiger partial charge in [0.05, 0.1) is 4.92 Å². The minimum Gasteiger partial charge on any atom is -0.369 e. The van der Waals surface area contributed by atoms with E-state index in [0.29, 0.717) is 0 Å². The number of imidazole rings is 1. The average Bonchev–Trinajstić information content (AvgIpc) is 3.58. The van der Waals surface area contributed by atoms with Crippen molar-refractivity contribution in [3.63, 3.8) is 0 Å². The van der Waals surface area contributed by atoms with Gasteiger partial charge < -0.3 is 15.2 Å². The van der Waals surface area contributed by atoms with Crippen LogP contribution >= 0.6 is 0 Å². The minimum absolute atomic E-state index is 0.107. The molecule has 3 aromatic heterocycles. The lowest BCUT2D eigenvalue weighted by molar-refractivity contribution is -0.384. The number of anilines is 2. The molecule has 2 aromatic carbocycles. The fourth-order valence-corrected chi connectivity index (χ4v) is 4.59. The lowest BCUT2D eigenvalue weighted by Crippen LogP contribution is -2.26. The summed E-state index contributed by atoms with van der Waals surface area (Å²) in [4.78, 5) is 20.6. The molecule has 1 saturated heterocycles. The molecule has 0 saturated carbocycles. The maximum absolute atomic E-state index is 10.9. The highest BCUT2D eigenvalue weighted by Crippen LogP contribution is 2.32. The molecule has 0 amide bonds. The maximum atomic E-state index is 10.9. The van der Waals surface area contributed by atoms with E-state index in [9.17, 15) is 10.1 Å². The van der Waals surface area contributed by atoms with Gasteiger partial charge in [0, 0.05) is 77.6 Å². The fourth-order valence-electron chi connectivity index (χ4n) is 4.59. The maximum Gasteiger partial charge on any atom is 0.269 e. The first-order valence-electron chi connectivity index (χ1n) is 10.8. The van der Waals surface area contributed by atoms with Crippen molar-refractivity contribution < 1.29 is 4.92 Å². The molecule has 4 heterocycles. The second-order valence-corrected chi connectivity index (χ2v) is 8.24. The predicted octanol–water partition coefficient (Wildman–Crippen LogP) is 4.48. The number of aromatic amines is 1. The lowest BCUT2D eigenvalue weighted by Gasteiger charge is -2.19. The fraction of sp³-hybridized carbons (Fsp3) is 0.167. The van der Waals surface area contributed by atoms with Crippen LogP contribution in [-0.4, -0.2) is 43.6 Å². The molecule has 9 heteroatoms. The van der Waals surface area contributed by atoms with Gasteiger partial charge in [0.15, 0.2) is 5.65 Å². The Labute approximate surface area is 188 Å². The first kappa shape index (κ1) is 19.3. The summed E-state index contributed by atoms with van der Waals surface area (Å²) >= 11 is 0. The van der Waals surface area contributed by atoms with E-state index >= 15 is 0 Å². The standard InChI is InChI=1S/C24H21N7O2/c32-31(33)18-7-5-17(6-8-18)29-11-9-16(15-29)27-23-13-20(24-25-10-12-30(24)28-23)21-14-26-22-4-2-1-3-19(21)22/h1-8,10,12-14,16,26H,9,11,15H2,(H,27,28)/t16-/m1/s1. The van der Waals surface area contributed by atoms with Gasteiger partial charge in [-0.3, -0.25) is 10.1 Å². The van der Waals surface area contributed by atoms with Crippen LogP contribution in [-0.2, 0) is 0 Å². The van der Waals surface area contributed by atoms with Crippen molar-refractivity contribution in [3.8, 4) is 11.1 Å². The predicted molar refractivity (Wildman–Crippen MR) is 128 cm³/mol. The Hall–Kier alpha value is -4.40. The molecule has 1 fully saturated rings. The molecule has 0 bridgehead atoms. The summed E-state index contributed by atoms with van der Waals surface area (Å²) in [5, 5.41) is 20.4. The van der Waals surface area contributed by atoms with E-state index in [1.54, 1.807) is 18.3 Å². The zero-order valence-corrected chi connectivity index (χ0v) is 17.7. The zero-order valence-electron chi connectivity index (χ0n) is 17.7. The summed E-state index contributed by atoms with van der Waals surface area (Å²) in [5.74, 6) is 0.788. The Morgan fingerprint density at radius 2 is 1.97 bits per heavy atom. The number of hydrogen-bond acceptors (Lipinski definition) is 6. The van der Waals surface area contributed by atoms with E-state index in [1.165, 1.54) is 0 Å². The summed E-state index contributed by atoms with van der Waals surface area (Å²) in [7, 11) is 0. The molecule has 33 heavy (non-hydrogen) atoms. The van der Waals surface area contributed by atoms with Gasteiger partial charge in [-0.15, -0.1) is 5.10 Å². The Kier molecular flexibility index (Phi) is 4.46. The van der Waals surface area contributed by atoms with Crippen molar-refractivity contribution in [2.45, 2.75) is 12.5 Å². The van der Waals surface area contributed by atoms with E-state index < -0.39 is 0 Å². The van der Waals surface area contributed by atoms with Crippen molar-refractivity contribution in [2.24, 2.45) is 0 Å². The molecule has 1 aliphatic heterocycles. The number of rotatable bonds is 5. The van der Waals surface area contributed by atoms with Crippen LogP contribution in [0.15, 0.2) is 73.2 Å². The van der Waals surface area contributed by atoms with Crippen LogP contribution in [0.25, 0.3) is 27.7 Å². The average molecular weight is 439 g/mol. The topological polar surface area (TPSA) is 104 Å². The second-order valence-electron chi connectivity index (χ2n) is 8.24. The van der Waals surface area contributed by atoms with E-state index in [-0.39, 0.29) is 16.7 Å². The third-order valence-electron chi connectivity index (χ3n) is 6.20. The second kappa shape index (κ2) is 7.63. The number of aromatic nitrogens is 4. The van der Waals surface area contributed by atoms with Crippen LogP contribution in [0.5, 0.6) is 0 Å². The van der Waals surface area contributed by atoms with Gasteiger partial charge in [0.1, 0.15) is 5.82 Å². The van der Waals surface area contributed by atoms with E-state index in [1.807, 2.05) is 41.2 Å². The molecular weight excluding hydrogens is 418 g/mol. The first-order chi connectivity index (χ1) is 16.2. The summed E-state index contributed by atoms with van der Waals surface area (Å²) < 4.78 is 1.81. The highest BCUT2D eigenvalue weighted by Gasteiger charge is 2.24. The number of nitrogens with one attached hydrogen (secondary N) is 2. The monoisotopic (exact) mass is 439 g/mol. The van der Waals surface area contributed by atoms with Crippen LogP contribution in [0.4, 0.5) is 17.2 Å². The lowest BCUT2D eigenvalue weighted by atomic mass is 10.1. The van der Waals surface area contributed by atoms with Gasteiger partial charge in [0.25, 0.3) is 5.69 Å². The quantitative estimate of drug-likeness (QED) is 0.309. The van der Waals surface area contributed by atoms with Crippen molar-refractivity contribution in [1.29, 1.82) is 0 Å². The summed E-state index contributed by atoms with van der Waals surface area (Å²) in [6, 6.07) is 17.2. The molecule has 1 aliphatic rings. The molecule has 0 spiro atoms. The molecule has 5 aromatic rings. The Bertz CT molecular complexity index is 1470. The van der Waals surface area contributed by atoms with Crippen LogP contribution < -0.4 is 10.2 Å². The number of benzene rings is 2. The zero-order chi connectivity index (χ0) is 22.4. The normalized spacial score (nSPS) is 16.0. The minimum atomic E-state index is -0.374. The van der Waals surface area contributed by atoms with E-state index in [0.717, 1.165) is 58.7 Å². The molecular formula is C24H21N7O2. The number of hydrogen-bond donors (Lipinski definition) is 2.